The summed E-state index contributed by atoms with van der Waals surface area (Å²) in [7, 11) is 2.12. The zero-order chi connectivity index (χ0) is 17.2. The molecule has 2 aromatic rings. The SMILES string of the molecule is CN1CCN(C(=O)C2CCCN(c3ncnc4ccccc34)C2)CC1. The number of anilines is 1. The van der Waals surface area contributed by atoms with E-state index in [0.717, 1.165) is 68.8 Å². The molecule has 132 valence electrons. The Morgan fingerprint density at radius 3 is 2.72 bits per heavy atom. The van der Waals surface area contributed by atoms with Crippen LogP contribution in [0.2, 0.25) is 0 Å². The van der Waals surface area contributed by atoms with Gasteiger partial charge in [-0.2, -0.15) is 0 Å². The molecule has 0 radical (unpaired) electrons. The maximum atomic E-state index is 12.9. The summed E-state index contributed by atoms with van der Waals surface area (Å²) in [6, 6.07) is 8.09. The van der Waals surface area contributed by atoms with E-state index >= 15 is 0 Å². The van der Waals surface area contributed by atoms with Gasteiger partial charge in [-0.1, -0.05) is 12.1 Å². The third-order valence-electron chi connectivity index (χ3n) is 5.41. The number of hydrogen-bond donors (Lipinski definition) is 0. The Hall–Kier alpha value is -2.21. The first-order valence-corrected chi connectivity index (χ1v) is 9.14. The van der Waals surface area contributed by atoms with Gasteiger partial charge in [0.15, 0.2) is 0 Å². The molecule has 0 bridgehead atoms. The molecule has 2 fully saturated rings. The Labute approximate surface area is 148 Å². The molecule has 0 N–H and O–H groups in total. The summed E-state index contributed by atoms with van der Waals surface area (Å²) in [5.74, 6) is 1.35. The predicted molar refractivity (Wildman–Crippen MR) is 98.6 cm³/mol. The van der Waals surface area contributed by atoms with Crippen molar-refractivity contribution in [3.63, 3.8) is 0 Å². The number of piperidine rings is 1. The van der Waals surface area contributed by atoms with Crippen LogP contribution in [0, 0.1) is 5.92 Å². The second-order valence-electron chi connectivity index (χ2n) is 7.13. The number of piperazine rings is 1. The summed E-state index contributed by atoms with van der Waals surface area (Å²) in [5, 5.41) is 1.07. The van der Waals surface area contributed by atoms with E-state index in [-0.39, 0.29) is 5.92 Å². The van der Waals surface area contributed by atoms with E-state index in [0.29, 0.717) is 5.91 Å². The van der Waals surface area contributed by atoms with E-state index < -0.39 is 0 Å². The third kappa shape index (κ3) is 3.31. The number of carbonyl (C=O) groups is 1. The van der Waals surface area contributed by atoms with Gasteiger partial charge in [-0.05, 0) is 32.0 Å². The molecule has 3 heterocycles. The molecule has 1 aromatic heterocycles. The van der Waals surface area contributed by atoms with Gasteiger partial charge < -0.3 is 14.7 Å². The highest BCUT2D eigenvalue weighted by Gasteiger charge is 2.31. The zero-order valence-electron chi connectivity index (χ0n) is 14.8. The third-order valence-corrected chi connectivity index (χ3v) is 5.41. The van der Waals surface area contributed by atoms with E-state index in [1.54, 1.807) is 6.33 Å². The number of nitrogens with zero attached hydrogens (tertiary/aromatic N) is 5. The van der Waals surface area contributed by atoms with Crippen molar-refractivity contribution in [2.24, 2.45) is 5.92 Å². The molecule has 6 heteroatoms. The van der Waals surface area contributed by atoms with Crippen LogP contribution in [-0.4, -0.2) is 72.0 Å². The van der Waals surface area contributed by atoms with Gasteiger partial charge in [0.2, 0.25) is 5.91 Å². The van der Waals surface area contributed by atoms with Crippen LogP contribution in [0.25, 0.3) is 10.9 Å². The number of likely N-dealkylation sites (N-methyl/N-ethyl adjacent to an activating group) is 1. The fourth-order valence-corrected chi connectivity index (χ4v) is 3.90. The van der Waals surface area contributed by atoms with E-state index in [9.17, 15) is 4.79 Å². The molecule has 0 spiro atoms. The lowest BCUT2D eigenvalue weighted by atomic mass is 9.96. The largest absolute Gasteiger partial charge is 0.355 e. The van der Waals surface area contributed by atoms with Crippen LogP contribution < -0.4 is 4.90 Å². The maximum Gasteiger partial charge on any atom is 0.227 e. The van der Waals surface area contributed by atoms with Crippen LogP contribution in [0.15, 0.2) is 30.6 Å². The second-order valence-corrected chi connectivity index (χ2v) is 7.13. The minimum Gasteiger partial charge on any atom is -0.355 e. The van der Waals surface area contributed by atoms with Crippen molar-refractivity contribution in [2.45, 2.75) is 12.8 Å². The first-order chi connectivity index (χ1) is 12.2. The van der Waals surface area contributed by atoms with Gasteiger partial charge in [-0.15, -0.1) is 0 Å². The maximum absolute atomic E-state index is 12.9. The van der Waals surface area contributed by atoms with Gasteiger partial charge >= 0.3 is 0 Å². The van der Waals surface area contributed by atoms with Crippen LogP contribution in [-0.2, 0) is 4.79 Å². The Bertz CT molecular complexity index is 751. The lowest BCUT2D eigenvalue weighted by Gasteiger charge is -2.38. The summed E-state index contributed by atoms with van der Waals surface area (Å²) in [4.78, 5) is 28.4. The molecule has 0 saturated carbocycles. The molecular formula is C19H25N5O. The van der Waals surface area contributed by atoms with Gasteiger partial charge in [0, 0.05) is 44.7 Å². The molecule has 0 aliphatic carbocycles. The van der Waals surface area contributed by atoms with Crippen LogP contribution in [0.1, 0.15) is 12.8 Å². The number of rotatable bonds is 2. The van der Waals surface area contributed by atoms with E-state index in [1.807, 2.05) is 23.1 Å². The smallest absolute Gasteiger partial charge is 0.227 e. The number of benzene rings is 1. The molecule has 25 heavy (non-hydrogen) atoms. The molecule has 4 rings (SSSR count). The molecule has 1 amide bonds. The summed E-state index contributed by atoms with van der Waals surface area (Å²) < 4.78 is 0. The Kier molecular flexibility index (Phi) is 4.53. The number of fused-ring (bicyclic) bond motifs is 1. The standard InChI is InChI=1S/C19H25N5O/c1-22-9-11-23(12-10-22)19(25)15-5-4-8-24(13-15)18-16-6-2-3-7-17(16)20-14-21-18/h2-3,6-7,14-15H,4-5,8-13H2,1H3. The van der Waals surface area contributed by atoms with Gasteiger partial charge in [-0.25, -0.2) is 9.97 Å². The second kappa shape index (κ2) is 6.96. The van der Waals surface area contributed by atoms with E-state index in [1.165, 1.54) is 0 Å². The van der Waals surface area contributed by atoms with Crippen LogP contribution in [0.3, 0.4) is 0 Å². The van der Waals surface area contributed by atoms with E-state index in [2.05, 4.69) is 32.9 Å². The van der Waals surface area contributed by atoms with Crippen LogP contribution in [0.4, 0.5) is 5.82 Å². The monoisotopic (exact) mass is 339 g/mol. The number of hydrogen-bond acceptors (Lipinski definition) is 5. The lowest BCUT2D eigenvalue weighted by Crippen LogP contribution is -2.51. The van der Waals surface area contributed by atoms with Crippen molar-refractivity contribution in [1.29, 1.82) is 0 Å². The van der Waals surface area contributed by atoms with Crippen molar-refractivity contribution in [3.8, 4) is 0 Å². The highest BCUT2D eigenvalue weighted by Crippen LogP contribution is 2.28. The first kappa shape index (κ1) is 16.3. The number of aromatic nitrogens is 2. The van der Waals surface area contributed by atoms with Crippen molar-refractivity contribution in [1.82, 2.24) is 19.8 Å². The van der Waals surface area contributed by atoms with Gasteiger partial charge in [0.05, 0.1) is 11.4 Å². The topological polar surface area (TPSA) is 52.6 Å². The molecule has 6 nitrogen and oxygen atoms in total. The predicted octanol–water partition coefficient (Wildman–Crippen LogP) is 1.62. The molecule has 2 aliphatic heterocycles. The Morgan fingerprint density at radius 1 is 1.08 bits per heavy atom. The fraction of sp³-hybridized carbons (Fsp3) is 0.526. The molecular weight excluding hydrogens is 314 g/mol. The lowest BCUT2D eigenvalue weighted by molar-refractivity contribution is -0.137. The van der Waals surface area contributed by atoms with Crippen molar-refractivity contribution in [2.75, 3.05) is 51.2 Å². The molecule has 2 aliphatic rings. The summed E-state index contributed by atoms with van der Waals surface area (Å²) in [6.07, 6.45) is 3.64. The first-order valence-electron chi connectivity index (χ1n) is 9.14. The molecule has 1 atom stereocenters. The summed E-state index contributed by atoms with van der Waals surface area (Å²) >= 11 is 0. The number of para-hydroxylation sites is 1. The average Bonchev–Trinajstić information content (AvgIpc) is 2.68. The summed E-state index contributed by atoms with van der Waals surface area (Å²) in [6.45, 7) is 5.35. The zero-order valence-corrected chi connectivity index (χ0v) is 14.8. The molecule has 2 saturated heterocycles. The van der Waals surface area contributed by atoms with Crippen LogP contribution in [0.5, 0.6) is 0 Å². The molecule has 1 unspecified atom stereocenters. The van der Waals surface area contributed by atoms with Crippen LogP contribution >= 0.6 is 0 Å². The summed E-state index contributed by atoms with van der Waals surface area (Å²) in [5.41, 5.74) is 0.958. The molecule has 1 aromatic carbocycles. The minimum absolute atomic E-state index is 0.0749. The van der Waals surface area contributed by atoms with Gasteiger partial charge in [-0.3, -0.25) is 4.79 Å². The Morgan fingerprint density at radius 2 is 1.88 bits per heavy atom. The minimum atomic E-state index is 0.0749. The number of carbonyl (C=O) groups excluding carboxylic acids is 1. The van der Waals surface area contributed by atoms with E-state index in [4.69, 9.17) is 0 Å². The van der Waals surface area contributed by atoms with Gasteiger partial charge in [0.1, 0.15) is 12.1 Å². The Balaban J connectivity index is 1.52. The fourth-order valence-electron chi connectivity index (χ4n) is 3.90. The average molecular weight is 339 g/mol. The quantitative estimate of drug-likeness (QED) is 0.832. The van der Waals surface area contributed by atoms with Crippen molar-refractivity contribution < 1.29 is 4.79 Å². The van der Waals surface area contributed by atoms with Crippen molar-refractivity contribution in [3.05, 3.63) is 30.6 Å². The van der Waals surface area contributed by atoms with Crippen molar-refractivity contribution >= 4 is 22.6 Å². The normalized spacial score (nSPS) is 22.4. The number of amides is 1. The highest BCUT2D eigenvalue weighted by atomic mass is 16.2. The van der Waals surface area contributed by atoms with Gasteiger partial charge in [0.25, 0.3) is 0 Å². The highest BCUT2D eigenvalue weighted by molar-refractivity contribution is 5.89.